The van der Waals surface area contributed by atoms with E-state index >= 15 is 0 Å². The van der Waals surface area contributed by atoms with Crippen molar-refractivity contribution in [1.82, 2.24) is 4.90 Å². The first kappa shape index (κ1) is 15.7. The van der Waals surface area contributed by atoms with Crippen molar-refractivity contribution in [2.75, 3.05) is 20.2 Å². The average Bonchev–Trinajstić information content (AvgIpc) is 2.79. The SMILES string of the molecule is C=CCN1CC[C@]23C=C[C@H](O)C[C@@H]2Oc2c(OC)cc(C)c(c23)C1. The van der Waals surface area contributed by atoms with E-state index in [-0.39, 0.29) is 11.5 Å². The number of ether oxygens (including phenoxy) is 2. The quantitative estimate of drug-likeness (QED) is 0.867. The van der Waals surface area contributed by atoms with E-state index in [0.717, 1.165) is 37.6 Å². The number of nitrogens with zero attached hydrogens (tertiary/aromatic N) is 1. The molecule has 0 radical (unpaired) electrons. The van der Waals surface area contributed by atoms with Crippen molar-refractivity contribution in [3.63, 3.8) is 0 Å². The molecular formula is C20H25NO3. The molecule has 2 heterocycles. The van der Waals surface area contributed by atoms with Gasteiger partial charge in [0.2, 0.25) is 0 Å². The molecule has 0 saturated carbocycles. The zero-order valence-electron chi connectivity index (χ0n) is 14.4. The van der Waals surface area contributed by atoms with Crippen LogP contribution in [0.5, 0.6) is 11.5 Å². The second-order valence-corrected chi connectivity index (χ2v) is 7.16. The molecule has 24 heavy (non-hydrogen) atoms. The number of hydrogen-bond acceptors (Lipinski definition) is 4. The molecule has 1 aromatic carbocycles. The highest BCUT2D eigenvalue weighted by atomic mass is 16.5. The highest BCUT2D eigenvalue weighted by Gasteiger charge is 2.53. The number of aliphatic hydroxyl groups excluding tert-OH is 1. The van der Waals surface area contributed by atoms with Crippen LogP contribution in [0.15, 0.2) is 30.9 Å². The molecule has 0 bridgehead atoms. The van der Waals surface area contributed by atoms with E-state index in [1.807, 2.05) is 12.2 Å². The van der Waals surface area contributed by atoms with Crippen molar-refractivity contribution in [2.24, 2.45) is 0 Å². The van der Waals surface area contributed by atoms with Crippen LogP contribution in [-0.2, 0) is 12.0 Å². The summed E-state index contributed by atoms with van der Waals surface area (Å²) in [6.45, 7) is 8.82. The predicted molar refractivity (Wildman–Crippen MR) is 93.7 cm³/mol. The molecule has 1 aliphatic carbocycles. The van der Waals surface area contributed by atoms with Gasteiger partial charge in [0.25, 0.3) is 0 Å². The Morgan fingerprint density at radius 3 is 3.12 bits per heavy atom. The molecule has 128 valence electrons. The molecule has 0 unspecified atom stereocenters. The van der Waals surface area contributed by atoms with E-state index in [1.54, 1.807) is 7.11 Å². The number of aryl methyl sites for hydroxylation is 1. The number of hydrogen-bond donors (Lipinski definition) is 1. The maximum atomic E-state index is 10.1. The minimum atomic E-state index is -0.432. The minimum absolute atomic E-state index is 0.0226. The van der Waals surface area contributed by atoms with Gasteiger partial charge in [-0.25, -0.2) is 0 Å². The van der Waals surface area contributed by atoms with Gasteiger partial charge in [0.15, 0.2) is 11.5 Å². The molecular weight excluding hydrogens is 302 g/mol. The Kier molecular flexibility index (Phi) is 3.70. The summed E-state index contributed by atoms with van der Waals surface area (Å²) in [5.74, 6) is 1.68. The van der Waals surface area contributed by atoms with Gasteiger partial charge in [0.05, 0.1) is 18.6 Å². The summed E-state index contributed by atoms with van der Waals surface area (Å²) in [6.07, 6.45) is 7.27. The fraction of sp³-hybridized carbons (Fsp3) is 0.500. The minimum Gasteiger partial charge on any atom is -0.493 e. The molecule has 0 fully saturated rings. The summed E-state index contributed by atoms with van der Waals surface area (Å²) in [7, 11) is 1.70. The standard InChI is InChI=1S/C20H25NO3/c1-4-8-21-9-7-20-6-5-14(22)11-17(20)24-19-16(23-3)10-13(2)15(12-21)18(19)20/h4-6,10,14,17,22H,1,7-9,11-12H2,2-3H3/t14-,17-,20+/m0/s1. The van der Waals surface area contributed by atoms with Crippen molar-refractivity contribution in [3.8, 4) is 11.5 Å². The second kappa shape index (κ2) is 5.64. The zero-order valence-corrected chi connectivity index (χ0v) is 14.4. The number of aliphatic hydroxyl groups is 1. The molecule has 3 atom stereocenters. The fourth-order valence-corrected chi connectivity index (χ4v) is 4.56. The van der Waals surface area contributed by atoms with Crippen molar-refractivity contribution >= 4 is 0 Å². The maximum absolute atomic E-state index is 10.1. The summed E-state index contributed by atoms with van der Waals surface area (Å²) in [6, 6.07) is 2.08. The Morgan fingerprint density at radius 2 is 2.38 bits per heavy atom. The van der Waals surface area contributed by atoms with Crippen molar-refractivity contribution in [2.45, 2.75) is 43.9 Å². The van der Waals surface area contributed by atoms with E-state index in [2.05, 4.69) is 30.5 Å². The summed E-state index contributed by atoms with van der Waals surface area (Å²) < 4.78 is 12.0. The van der Waals surface area contributed by atoms with E-state index in [1.165, 1.54) is 16.7 Å². The molecule has 1 aromatic rings. The van der Waals surface area contributed by atoms with Crippen molar-refractivity contribution < 1.29 is 14.6 Å². The first-order valence-corrected chi connectivity index (χ1v) is 8.67. The van der Waals surface area contributed by atoms with Crippen LogP contribution in [0, 0.1) is 6.92 Å². The summed E-state index contributed by atoms with van der Waals surface area (Å²) >= 11 is 0. The Balaban J connectivity index is 1.93. The highest BCUT2D eigenvalue weighted by Crippen LogP contribution is 2.56. The normalized spacial score (nSPS) is 31.0. The van der Waals surface area contributed by atoms with E-state index in [9.17, 15) is 5.11 Å². The van der Waals surface area contributed by atoms with Crippen LogP contribution in [0.4, 0.5) is 0 Å². The smallest absolute Gasteiger partial charge is 0.166 e. The Labute approximate surface area is 143 Å². The topological polar surface area (TPSA) is 41.9 Å². The molecule has 0 aromatic heterocycles. The molecule has 2 aliphatic heterocycles. The van der Waals surface area contributed by atoms with Crippen LogP contribution in [-0.4, -0.2) is 42.4 Å². The Bertz CT molecular complexity index is 711. The van der Waals surface area contributed by atoms with Crippen LogP contribution in [0.25, 0.3) is 0 Å². The van der Waals surface area contributed by atoms with Gasteiger partial charge in [-0.2, -0.15) is 0 Å². The highest BCUT2D eigenvalue weighted by molar-refractivity contribution is 5.63. The van der Waals surface area contributed by atoms with E-state index in [0.29, 0.717) is 6.42 Å². The Morgan fingerprint density at radius 1 is 1.54 bits per heavy atom. The van der Waals surface area contributed by atoms with Gasteiger partial charge in [0, 0.05) is 31.6 Å². The maximum Gasteiger partial charge on any atom is 0.166 e. The van der Waals surface area contributed by atoms with Gasteiger partial charge in [-0.05, 0) is 30.5 Å². The predicted octanol–water partition coefficient (Wildman–Crippen LogP) is 2.71. The summed E-state index contributed by atoms with van der Waals surface area (Å²) in [4.78, 5) is 2.44. The van der Waals surface area contributed by atoms with Gasteiger partial charge in [-0.3, -0.25) is 4.90 Å². The number of methoxy groups -OCH3 is 1. The van der Waals surface area contributed by atoms with Crippen LogP contribution in [0.2, 0.25) is 0 Å². The molecule has 1 N–H and O–H groups in total. The lowest BCUT2D eigenvalue weighted by molar-refractivity contribution is 0.0816. The zero-order chi connectivity index (χ0) is 16.9. The second-order valence-electron chi connectivity index (χ2n) is 7.16. The third-order valence-corrected chi connectivity index (χ3v) is 5.78. The molecule has 1 spiro atoms. The van der Waals surface area contributed by atoms with Crippen molar-refractivity contribution in [3.05, 3.63) is 47.6 Å². The van der Waals surface area contributed by atoms with Crippen LogP contribution < -0.4 is 9.47 Å². The van der Waals surface area contributed by atoms with Crippen LogP contribution in [0.1, 0.15) is 29.5 Å². The van der Waals surface area contributed by atoms with Gasteiger partial charge >= 0.3 is 0 Å². The van der Waals surface area contributed by atoms with Gasteiger partial charge < -0.3 is 14.6 Å². The first-order valence-electron chi connectivity index (χ1n) is 8.67. The van der Waals surface area contributed by atoms with E-state index < -0.39 is 6.10 Å². The van der Waals surface area contributed by atoms with Crippen LogP contribution >= 0.6 is 0 Å². The van der Waals surface area contributed by atoms with Gasteiger partial charge in [0.1, 0.15) is 6.10 Å². The first-order chi connectivity index (χ1) is 11.6. The summed E-state index contributed by atoms with van der Waals surface area (Å²) in [5, 5.41) is 10.1. The summed E-state index contributed by atoms with van der Waals surface area (Å²) in [5.41, 5.74) is 3.71. The molecule has 4 nitrogen and oxygen atoms in total. The third kappa shape index (κ3) is 2.13. The van der Waals surface area contributed by atoms with Crippen LogP contribution in [0.3, 0.4) is 0 Å². The van der Waals surface area contributed by atoms with Crippen molar-refractivity contribution in [1.29, 1.82) is 0 Å². The third-order valence-electron chi connectivity index (χ3n) is 5.78. The monoisotopic (exact) mass is 327 g/mol. The lowest BCUT2D eigenvalue weighted by Crippen LogP contribution is -2.43. The molecule has 4 rings (SSSR count). The lowest BCUT2D eigenvalue weighted by Gasteiger charge is -2.36. The molecule has 0 saturated heterocycles. The van der Waals surface area contributed by atoms with E-state index in [4.69, 9.17) is 9.47 Å². The molecule has 3 aliphatic rings. The molecule has 4 heteroatoms. The largest absolute Gasteiger partial charge is 0.493 e. The number of rotatable bonds is 3. The van der Waals surface area contributed by atoms with Gasteiger partial charge in [-0.1, -0.05) is 18.2 Å². The number of benzene rings is 1. The van der Waals surface area contributed by atoms with Gasteiger partial charge in [-0.15, -0.1) is 6.58 Å². The average molecular weight is 327 g/mol. The lowest BCUT2D eigenvalue weighted by atomic mass is 9.68. The Hall–Kier alpha value is -1.78. The molecule has 0 amide bonds. The fourth-order valence-electron chi connectivity index (χ4n) is 4.56.